The van der Waals surface area contributed by atoms with Crippen LogP contribution in [0.4, 0.5) is 0 Å². The Kier molecular flexibility index (Phi) is 8.42. The molecule has 7 heteroatoms. The topological polar surface area (TPSA) is 59.1 Å². The largest absolute Gasteiger partial charge is 0.465 e. The van der Waals surface area contributed by atoms with Gasteiger partial charge in [-0.3, -0.25) is 9.69 Å². The van der Waals surface area contributed by atoms with Gasteiger partial charge in [0.1, 0.15) is 0 Å². The monoisotopic (exact) mass is 532 g/mol. The third-order valence-corrected chi connectivity index (χ3v) is 7.76. The van der Waals surface area contributed by atoms with Gasteiger partial charge in [-0.05, 0) is 53.3 Å². The fraction of sp³-hybridized carbons (Fsp3) is 0.355. The molecule has 3 aromatic carbocycles. The third kappa shape index (κ3) is 6.44. The molecule has 1 amide bonds. The van der Waals surface area contributed by atoms with Crippen LogP contribution in [-0.4, -0.2) is 61.5 Å². The van der Waals surface area contributed by atoms with E-state index in [1.165, 1.54) is 12.7 Å². The number of amides is 1. The van der Waals surface area contributed by atoms with E-state index in [1.807, 2.05) is 59.5 Å². The van der Waals surface area contributed by atoms with Gasteiger partial charge in [0, 0.05) is 43.7 Å². The molecule has 5 rings (SSSR count). The van der Waals surface area contributed by atoms with Crippen LogP contribution in [0.1, 0.15) is 45.5 Å². The molecule has 3 atom stereocenters. The van der Waals surface area contributed by atoms with Crippen molar-refractivity contribution in [1.29, 1.82) is 0 Å². The first-order valence-electron chi connectivity index (χ1n) is 13.1. The van der Waals surface area contributed by atoms with Crippen molar-refractivity contribution in [2.75, 3.05) is 39.8 Å². The maximum atomic E-state index is 13.1. The van der Waals surface area contributed by atoms with Crippen molar-refractivity contribution in [1.82, 2.24) is 9.80 Å². The number of hydrogen-bond acceptors (Lipinski definition) is 5. The number of carbonyl (C=O) groups is 2. The van der Waals surface area contributed by atoms with Gasteiger partial charge in [-0.15, -0.1) is 0 Å². The number of carbonyl (C=O) groups excluding carboxylic acids is 2. The van der Waals surface area contributed by atoms with Crippen molar-refractivity contribution >= 4 is 23.5 Å². The van der Waals surface area contributed by atoms with Crippen molar-refractivity contribution < 1.29 is 19.1 Å². The highest BCUT2D eigenvalue weighted by molar-refractivity contribution is 6.30. The minimum absolute atomic E-state index is 0.125. The van der Waals surface area contributed by atoms with E-state index in [1.54, 1.807) is 12.1 Å². The minimum atomic E-state index is -0.355. The Labute approximate surface area is 229 Å². The van der Waals surface area contributed by atoms with Crippen molar-refractivity contribution in [2.24, 2.45) is 5.92 Å². The van der Waals surface area contributed by atoms with Gasteiger partial charge in [0.2, 0.25) is 5.91 Å². The molecule has 38 heavy (non-hydrogen) atoms. The van der Waals surface area contributed by atoms with Gasteiger partial charge in [0.05, 0.1) is 25.4 Å². The third-order valence-electron chi connectivity index (χ3n) is 7.51. The van der Waals surface area contributed by atoms with Gasteiger partial charge in [-0.1, -0.05) is 66.2 Å². The summed E-state index contributed by atoms with van der Waals surface area (Å²) in [4.78, 5) is 29.2. The Hall–Kier alpha value is -3.19. The highest BCUT2D eigenvalue weighted by Gasteiger charge is 2.46. The fourth-order valence-corrected chi connectivity index (χ4v) is 5.27. The molecular weight excluding hydrogens is 500 g/mol. The van der Waals surface area contributed by atoms with E-state index in [0.29, 0.717) is 29.0 Å². The molecule has 3 aromatic rings. The van der Waals surface area contributed by atoms with E-state index in [2.05, 4.69) is 17.0 Å². The van der Waals surface area contributed by atoms with Crippen LogP contribution in [0, 0.1) is 5.92 Å². The van der Waals surface area contributed by atoms with E-state index in [0.717, 1.165) is 50.3 Å². The summed E-state index contributed by atoms with van der Waals surface area (Å²) in [7, 11) is 1.37. The molecule has 1 saturated heterocycles. The van der Waals surface area contributed by atoms with Crippen molar-refractivity contribution in [3.8, 4) is 0 Å². The predicted molar refractivity (Wildman–Crippen MR) is 147 cm³/mol. The first-order valence-corrected chi connectivity index (χ1v) is 13.5. The summed E-state index contributed by atoms with van der Waals surface area (Å²) >= 11 is 6.13. The Morgan fingerprint density at radius 1 is 0.921 bits per heavy atom. The number of piperazine rings is 1. The number of nitrogens with zero attached hydrogens (tertiary/aromatic N) is 2. The molecule has 6 nitrogen and oxygen atoms in total. The molecule has 2 aliphatic rings. The van der Waals surface area contributed by atoms with Gasteiger partial charge in [0.15, 0.2) is 0 Å². The van der Waals surface area contributed by atoms with E-state index >= 15 is 0 Å². The van der Waals surface area contributed by atoms with Crippen LogP contribution in [0.5, 0.6) is 0 Å². The van der Waals surface area contributed by atoms with E-state index in [4.69, 9.17) is 21.1 Å². The van der Waals surface area contributed by atoms with Gasteiger partial charge < -0.3 is 14.4 Å². The summed E-state index contributed by atoms with van der Waals surface area (Å²) in [5.74, 6) is 0.427. The van der Waals surface area contributed by atoms with Gasteiger partial charge in [-0.25, -0.2) is 4.79 Å². The van der Waals surface area contributed by atoms with E-state index < -0.39 is 0 Å². The predicted octanol–water partition coefficient (Wildman–Crippen LogP) is 5.33. The van der Waals surface area contributed by atoms with Crippen LogP contribution in [0.3, 0.4) is 0 Å². The molecule has 0 aromatic heterocycles. The molecule has 1 heterocycles. The number of ether oxygens (including phenoxy) is 2. The molecule has 1 aliphatic heterocycles. The standard InChI is InChI=1S/C31H33ClN2O4/c1-37-31(36)25-9-7-22(8-10-25)21-38-29(24-11-13-26(32)14-12-24)20-33-15-17-34(18-16-33)30(35)28-19-27(28)23-5-3-2-4-6-23/h2-14,27-29H,15-21H2,1H3/t27-,28+,29-/m0/s1. The minimum Gasteiger partial charge on any atom is -0.465 e. The Morgan fingerprint density at radius 3 is 2.26 bits per heavy atom. The second kappa shape index (κ2) is 12.1. The van der Waals surface area contributed by atoms with Gasteiger partial charge in [-0.2, -0.15) is 0 Å². The Balaban J connectivity index is 1.17. The maximum Gasteiger partial charge on any atom is 0.337 e. The number of methoxy groups -OCH3 is 1. The lowest BCUT2D eigenvalue weighted by Crippen LogP contribution is -2.50. The first kappa shape index (κ1) is 26.4. The Morgan fingerprint density at radius 2 is 1.61 bits per heavy atom. The number of esters is 1. The summed E-state index contributed by atoms with van der Waals surface area (Å²) in [5, 5.41) is 0.687. The Bertz CT molecular complexity index is 1220. The fourth-order valence-electron chi connectivity index (χ4n) is 5.14. The van der Waals surface area contributed by atoms with Crippen LogP contribution in [0.15, 0.2) is 78.9 Å². The molecule has 0 N–H and O–H groups in total. The first-order chi connectivity index (χ1) is 18.5. The zero-order chi connectivity index (χ0) is 26.5. The molecule has 1 aliphatic carbocycles. The smallest absolute Gasteiger partial charge is 0.337 e. The summed E-state index contributed by atoms with van der Waals surface area (Å²) in [5.41, 5.74) is 3.82. The molecule has 0 unspecified atom stereocenters. The molecule has 0 spiro atoms. The number of rotatable bonds is 9. The second-order valence-corrected chi connectivity index (χ2v) is 10.5. The van der Waals surface area contributed by atoms with Crippen LogP contribution in [-0.2, 0) is 20.9 Å². The van der Waals surface area contributed by atoms with Crippen LogP contribution in [0.2, 0.25) is 5.02 Å². The zero-order valence-corrected chi connectivity index (χ0v) is 22.3. The molecular formula is C31H33ClN2O4. The van der Waals surface area contributed by atoms with Crippen LogP contribution < -0.4 is 0 Å². The molecule has 198 valence electrons. The highest BCUT2D eigenvalue weighted by atomic mass is 35.5. The molecule has 0 bridgehead atoms. The average molecular weight is 533 g/mol. The van der Waals surface area contributed by atoms with Gasteiger partial charge in [0.25, 0.3) is 0 Å². The van der Waals surface area contributed by atoms with Crippen molar-refractivity contribution in [3.63, 3.8) is 0 Å². The second-order valence-electron chi connectivity index (χ2n) is 10.0. The summed E-state index contributed by atoms with van der Waals surface area (Å²) in [6, 6.07) is 25.4. The van der Waals surface area contributed by atoms with Crippen molar-refractivity contribution in [2.45, 2.75) is 25.0 Å². The lowest BCUT2D eigenvalue weighted by molar-refractivity contribution is -0.134. The number of halogens is 1. The number of hydrogen-bond donors (Lipinski definition) is 0. The van der Waals surface area contributed by atoms with Crippen molar-refractivity contribution in [3.05, 3.63) is 106 Å². The maximum absolute atomic E-state index is 13.1. The highest BCUT2D eigenvalue weighted by Crippen LogP contribution is 2.48. The molecule has 0 radical (unpaired) electrons. The summed E-state index contributed by atoms with van der Waals surface area (Å²) in [6.45, 7) is 4.24. The quantitative estimate of drug-likeness (QED) is 0.348. The van der Waals surface area contributed by atoms with E-state index in [9.17, 15) is 9.59 Å². The average Bonchev–Trinajstić information content (AvgIpc) is 3.77. The van der Waals surface area contributed by atoms with Gasteiger partial charge >= 0.3 is 5.97 Å². The van der Waals surface area contributed by atoms with E-state index in [-0.39, 0.29) is 18.0 Å². The lowest BCUT2D eigenvalue weighted by atomic mass is 10.1. The SMILES string of the molecule is COC(=O)c1ccc(CO[C@@H](CN2CCN(C(=O)[C@@H]3C[C@H]3c3ccccc3)CC2)c2ccc(Cl)cc2)cc1. The molecule has 1 saturated carbocycles. The number of benzene rings is 3. The lowest BCUT2D eigenvalue weighted by Gasteiger charge is -2.36. The van der Waals surface area contributed by atoms with Crippen LogP contribution >= 0.6 is 11.6 Å². The molecule has 2 fully saturated rings. The normalized spacial score (nSPS) is 20.1. The van der Waals surface area contributed by atoms with Crippen LogP contribution in [0.25, 0.3) is 0 Å². The summed E-state index contributed by atoms with van der Waals surface area (Å²) in [6.07, 6.45) is 0.802. The zero-order valence-electron chi connectivity index (χ0n) is 21.6. The summed E-state index contributed by atoms with van der Waals surface area (Å²) < 4.78 is 11.2.